The van der Waals surface area contributed by atoms with Crippen LogP contribution in [-0.4, -0.2) is 21.0 Å². The molecular formula is C19H20N4O3. The van der Waals surface area contributed by atoms with Gasteiger partial charge in [0.15, 0.2) is 5.82 Å². The monoisotopic (exact) mass is 352 g/mol. The first-order valence-corrected chi connectivity index (χ1v) is 8.28. The summed E-state index contributed by atoms with van der Waals surface area (Å²) in [6.07, 6.45) is 0.231. The van der Waals surface area contributed by atoms with Gasteiger partial charge in [-0.2, -0.15) is 4.98 Å². The van der Waals surface area contributed by atoms with Crippen LogP contribution < -0.4 is 10.9 Å². The number of anilines is 1. The molecule has 0 aliphatic heterocycles. The summed E-state index contributed by atoms with van der Waals surface area (Å²) in [5, 5.41) is 6.61. The third-order valence-electron chi connectivity index (χ3n) is 3.99. The number of carbonyl (C=O) groups excluding carboxylic acids is 1. The molecule has 0 fully saturated rings. The van der Waals surface area contributed by atoms with E-state index in [0.717, 1.165) is 16.8 Å². The lowest BCUT2D eigenvalue weighted by Crippen LogP contribution is -2.16. The lowest BCUT2D eigenvalue weighted by atomic mass is 10.1. The highest BCUT2D eigenvalue weighted by atomic mass is 16.5. The first kappa shape index (κ1) is 17.6. The van der Waals surface area contributed by atoms with Gasteiger partial charge in [-0.3, -0.25) is 9.59 Å². The number of aryl methyl sites for hydroxylation is 3. The molecule has 3 aromatic rings. The number of hydrogen-bond acceptors (Lipinski definition) is 5. The third-order valence-corrected chi connectivity index (χ3v) is 3.99. The molecule has 7 heteroatoms. The van der Waals surface area contributed by atoms with Gasteiger partial charge in [0.2, 0.25) is 11.8 Å². The van der Waals surface area contributed by atoms with Crippen LogP contribution in [0.25, 0.3) is 0 Å². The smallest absolute Gasteiger partial charge is 0.252 e. The summed E-state index contributed by atoms with van der Waals surface area (Å²) in [4.78, 5) is 31.1. The maximum Gasteiger partial charge on any atom is 0.252 e. The first-order valence-electron chi connectivity index (χ1n) is 8.28. The number of carbonyl (C=O) groups is 1. The molecule has 2 aromatic heterocycles. The molecule has 3 rings (SSSR count). The minimum atomic E-state index is -0.231. The van der Waals surface area contributed by atoms with Crippen LogP contribution in [0.2, 0.25) is 0 Å². The van der Waals surface area contributed by atoms with E-state index < -0.39 is 0 Å². The second-order valence-electron chi connectivity index (χ2n) is 6.32. The minimum Gasteiger partial charge on any atom is -0.339 e. The number of benzene rings is 1. The summed E-state index contributed by atoms with van der Waals surface area (Å²) in [5.74, 6) is 0.358. The highest BCUT2D eigenvalue weighted by molar-refractivity contribution is 5.91. The average molecular weight is 352 g/mol. The SMILES string of the molecule is Cc1ccc(NC(=O)Cc2noc(Cc3c(C)cc(C)[nH]c3=O)n2)cc1. The Bertz CT molecular complexity index is 987. The molecule has 26 heavy (non-hydrogen) atoms. The molecule has 0 bridgehead atoms. The standard InChI is InChI=1S/C19H20N4O3/c1-11-4-6-14(7-5-11)21-17(24)10-16-22-18(26-23-16)9-15-12(2)8-13(3)20-19(15)25/h4-8H,9-10H2,1-3H3,(H,20,25)(H,21,24). The van der Waals surface area contributed by atoms with Crippen molar-refractivity contribution in [1.82, 2.24) is 15.1 Å². The summed E-state index contributed by atoms with van der Waals surface area (Å²) >= 11 is 0. The molecule has 0 atom stereocenters. The molecule has 0 unspecified atom stereocenters. The van der Waals surface area contributed by atoms with Gasteiger partial charge in [-0.25, -0.2) is 0 Å². The Hall–Kier alpha value is -3.22. The maximum atomic E-state index is 12.1. The van der Waals surface area contributed by atoms with Crippen molar-refractivity contribution < 1.29 is 9.32 Å². The Morgan fingerprint density at radius 2 is 1.92 bits per heavy atom. The molecule has 7 nitrogen and oxygen atoms in total. The molecule has 0 saturated carbocycles. The number of nitrogens with one attached hydrogen (secondary N) is 2. The fraction of sp³-hybridized carbons (Fsp3) is 0.263. The Morgan fingerprint density at radius 1 is 1.19 bits per heavy atom. The summed E-state index contributed by atoms with van der Waals surface area (Å²) in [6.45, 7) is 5.67. The van der Waals surface area contributed by atoms with Crippen molar-refractivity contribution in [1.29, 1.82) is 0 Å². The number of aromatic nitrogens is 3. The van der Waals surface area contributed by atoms with Crippen LogP contribution in [0.4, 0.5) is 5.69 Å². The quantitative estimate of drug-likeness (QED) is 0.734. The van der Waals surface area contributed by atoms with Gasteiger partial charge in [-0.15, -0.1) is 0 Å². The van der Waals surface area contributed by atoms with Crippen LogP contribution >= 0.6 is 0 Å². The van der Waals surface area contributed by atoms with Crippen molar-refractivity contribution in [2.75, 3.05) is 5.32 Å². The van der Waals surface area contributed by atoms with E-state index in [4.69, 9.17) is 4.52 Å². The molecule has 1 aromatic carbocycles. The minimum absolute atomic E-state index is 0.000609. The lowest BCUT2D eigenvalue weighted by Gasteiger charge is -2.03. The normalized spacial score (nSPS) is 10.7. The van der Waals surface area contributed by atoms with Crippen LogP contribution in [0.15, 0.2) is 39.6 Å². The zero-order valence-electron chi connectivity index (χ0n) is 14.9. The van der Waals surface area contributed by atoms with Crippen molar-refractivity contribution in [3.05, 3.63) is 74.8 Å². The van der Waals surface area contributed by atoms with Gasteiger partial charge in [0.25, 0.3) is 5.56 Å². The largest absolute Gasteiger partial charge is 0.339 e. The molecule has 0 saturated heterocycles. The van der Waals surface area contributed by atoms with Crippen molar-refractivity contribution in [3.63, 3.8) is 0 Å². The Kier molecular flexibility index (Phi) is 4.97. The number of amides is 1. The van der Waals surface area contributed by atoms with E-state index in [1.165, 1.54) is 0 Å². The van der Waals surface area contributed by atoms with E-state index in [2.05, 4.69) is 20.4 Å². The summed E-state index contributed by atoms with van der Waals surface area (Å²) in [6, 6.07) is 9.40. The van der Waals surface area contributed by atoms with Gasteiger partial charge in [0.05, 0.1) is 12.8 Å². The van der Waals surface area contributed by atoms with E-state index in [1.54, 1.807) is 0 Å². The first-order chi connectivity index (χ1) is 12.4. The van der Waals surface area contributed by atoms with Crippen molar-refractivity contribution in [2.45, 2.75) is 33.6 Å². The Balaban J connectivity index is 1.65. The molecule has 0 spiro atoms. The topological polar surface area (TPSA) is 101 Å². The number of hydrogen-bond donors (Lipinski definition) is 2. The van der Waals surface area contributed by atoms with E-state index >= 15 is 0 Å². The average Bonchev–Trinajstić information content (AvgIpc) is 3.00. The molecule has 0 radical (unpaired) electrons. The molecule has 0 aliphatic carbocycles. The number of H-pyrrole nitrogens is 1. The number of nitrogens with zero attached hydrogens (tertiary/aromatic N) is 2. The summed E-state index contributed by atoms with van der Waals surface area (Å²) < 4.78 is 5.18. The second kappa shape index (κ2) is 7.35. The highest BCUT2D eigenvalue weighted by Crippen LogP contribution is 2.11. The predicted molar refractivity (Wildman–Crippen MR) is 97.2 cm³/mol. The van der Waals surface area contributed by atoms with Gasteiger partial charge in [0.1, 0.15) is 0 Å². The number of aromatic amines is 1. The second-order valence-corrected chi connectivity index (χ2v) is 6.32. The van der Waals surface area contributed by atoms with Crippen LogP contribution in [0.1, 0.15) is 34.1 Å². The van der Waals surface area contributed by atoms with Gasteiger partial charge in [-0.05, 0) is 44.5 Å². The predicted octanol–water partition coefficient (Wildman–Crippen LogP) is 2.46. The van der Waals surface area contributed by atoms with E-state index in [9.17, 15) is 9.59 Å². The van der Waals surface area contributed by atoms with Crippen molar-refractivity contribution in [2.24, 2.45) is 0 Å². The molecule has 2 heterocycles. The molecular weight excluding hydrogens is 332 g/mol. The van der Waals surface area contributed by atoms with Gasteiger partial charge < -0.3 is 14.8 Å². The van der Waals surface area contributed by atoms with E-state index in [1.807, 2.05) is 51.1 Å². The van der Waals surface area contributed by atoms with Crippen LogP contribution in [0, 0.1) is 20.8 Å². The fourth-order valence-electron chi connectivity index (χ4n) is 2.67. The lowest BCUT2D eigenvalue weighted by molar-refractivity contribution is -0.115. The van der Waals surface area contributed by atoms with Gasteiger partial charge >= 0.3 is 0 Å². The zero-order valence-corrected chi connectivity index (χ0v) is 14.9. The van der Waals surface area contributed by atoms with Crippen LogP contribution in [-0.2, 0) is 17.6 Å². The fourth-order valence-corrected chi connectivity index (χ4v) is 2.67. The maximum absolute atomic E-state index is 12.1. The van der Waals surface area contributed by atoms with Crippen molar-refractivity contribution >= 4 is 11.6 Å². The molecule has 2 N–H and O–H groups in total. The third kappa shape index (κ3) is 4.24. The van der Waals surface area contributed by atoms with Crippen molar-refractivity contribution in [3.8, 4) is 0 Å². The highest BCUT2D eigenvalue weighted by Gasteiger charge is 2.14. The number of pyridine rings is 1. The van der Waals surface area contributed by atoms with Crippen LogP contribution in [0.3, 0.4) is 0 Å². The molecule has 134 valence electrons. The molecule has 1 amide bonds. The van der Waals surface area contributed by atoms with E-state index in [-0.39, 0.29) is 30.1 Å². The molecule has 0 aliphatic rings. The zero-order chi connectivity index (χ0) is 18.7. The Labute approximate surface area is 150 Å². The summed E-state index contributed by atoms with van der Waals surface area (Å²) in [5.41, 5.74) is 3.91. The van der Waals surface area contributed by atoms with E-state index in [0.29, 0.717) is 17.1 Å². The van der Waals surface area contributed by atoms with Crippen LogP contribution in [0.5, 0.6) is 0 Å². The van der Waals surface area contributed by atoms with Gasteiger partial charge in [-0.1, -0.05) is 22.9 Å². The number of rotatable bonds is 5. The summed E-state index contributed by atoms with van der Waals surface area (Å²) in [7, 11) is 0. The van der Waals surface area contributed by atoms with Gasteiger partial charge in [0, 0.05) is 16.9 Å². The Morgan fingerprint density at radius 3 is 2.62 bits per heavy atom.